The van der Waals surface area contributed by atoms with Crippen LogP contribution in [0.25, 0.3) is 0 Å². The number of benzene rings is 1. The molecule has 1 aliphatic rings. The van der Waals surface area contributed by atoms with Crippen molar-refractivity contribution in [3.63, 3.8) is 0 Å². The van der Waals surface area contributed by atoms with Crippen molar-refractivity contribution < 1.29 is 17.6 Å². The molecule has 1 aromatic carbocycles. The van der Waals surface area contributed by atoms with Crippen LogP contribution in [0.2, 0.25) is 5.02 Å². The van der Waals surface area contributed by atoms with Crippen LogP contribution in [0.1, 0.15) is 18.4 Å². The third-order valence-electron chi connectivity index (χ3n) is 2.94. The highest BCUT2D eigenvalue weighted by Crippen LogP contribution is 2.49. The van der Waals surface area contributed by atoms with E-state index < -0.39 is 17.5 Å². The van der Waals surface area contributed by atoms with Gasteiger partial charge in [-0.1, -0.05) is 23.7 Å². The maximum Gasteiger partial charge on any atom is 0.406 e. The second-order valence-electron chi connectivity index (χ2n) is 4.15. The maximum absolute atomic E-state index is 13.1. The van der Waals surface area contributed by atoms with E-state index in [2.05, 4.69) is 5.32 Å². The van der Waals surface area contributed by atoms with Gasteiger partial charge in [-0.25, -0.2) is 4.39 Å². The fourth-order valence-corrected chi connectivity index (χ4v) is 1.83. The lowest BCUT2D eigenvalue weighted by Crippen LogP contribution is -2.44. The Bertz CT molecular complexity index is 426. The van der Waals surface area contributed by atoms with E-state index in [1.807, 2.05) is 0 Å². The van der Waals surface area contributed by atoms with E-state index in [1.54, 1.807) is 0 Å². The van der Waals surface area contributed by atoms with Crippen LogP contribution >= 0.6 is 11.6 Å². The highest BCUT2D eigenvalue weighted by Gasteiger charge is 2.62. The van der Waals surface area contributed by atoms with E-state index in [-0.39, 0.29) is 24.4 Å². The molecule has 0 aliphatic heterocycles. The van der Waals surface area contributed by atoms with E-state index >= 15 is 0 Å². The Balaban J connectivity index is 2.06. The van der Waals surface area contributed by atoms with Gasteiger partial charge >= 0.3 is 6.18 Å². The molecule has 1 fully saturated rings. The zero-order valence-electron chi connectivity index (χ0n) is 8.74. The molecular formula is C11H10ClF4N. The standard InChI is InChI=1S/C11H10ClF4N/c12-9-7(2-1-3-8(9)13)6-17-10(4-5-10)11(14,15)16/h1-3,17H,4-6H2. The van der Waals surface area contributed by atoms with Gasteiger partial charge in [0.05, 0.1) is 5.02 Å². The van der Waals surface area contributed by atoms with Gasteiger partial charge in [0.2, 0.25) is 0 Å². The van der Waals surface area contributed by atoms with Crippen molar-refractivity contribution in [1.29, 1.82) is 0 Å². The third-order valence-corrected chi connectivity index (χ3v) is 3.36. The molecule has 94 valence electrons. The second-order valence-corrected chi connectivity index (χ2v) is 4.52. The normalized spacial score (nSPS) is 18.2. The molecule has 0 aromatic heterocycles. The Morgan fingerprint density at radius 3 is 2.47 bits per heavy atom. The number of hydrogen-bond donors (Lipinski definition) is 1. The molecule has 0 atom stereocenters. The zero-order valence-corrected chi connectivity index (χ0v) is 9.50. The first-order valence-electron chi connectivity index (χ1n) is 5.10. The van der Waals surface area contributed by atoms with Gasteiger partial charge in [-0.15, -0.1) is 0 Å². The van der Waals surface area contributed by atoms with Crippen LogP contribution in [0.5, 0.6) is 0 Å². The molecule has 1 aromatic rings. The average Bonchev–Trinajstić information content (AvgIpc) is 3.00. The Kier molecular flexibility index (Phi) is 3.08. The van der Waals surface area contributed by atoms with Crippen molar-refractivity contribution in [2.75, 3.05) is 0 Å². The SMILES string of the molecule is Fc1cccc(CNC2(C(F)(F)F)CC2)c1Cl. The van der Waals surface area contributed by atoms with E-state index in [4.69, 9.17) is 11.6 Å². The molecule has 2 rings (SSSR count). The van der Waals surface area contributed by atoms with Crippen molar-refractivity contribution in [3.05, 3.63) is 34.6 Å². The smallest absolute Gasteiger partial charge is 0.299 e. The highest BCUT2D eigenvalue weighted by atomic mass is 35.5. The molecular weight excluding hydrogens is 258 g/mol. The Morgan fingerprint density at radius 2 is 1.94 bits per heavy atom. The molecule has 0 radical (unpaired) electrons. The van der Waals surface area contributed by atoms with Crippen molar-refractivity contribution >= 4 is 11.6 Å². The molecule has 0 spiro atoms. The van der Waals surface area contributed by atoms with E-state index in [0.717, 1.165) is 0 Å². The molecule has 0 unspecified atom stereocenters. The fourth-order valence-electron chi connectivity index (χ4n) is 1.63. The summed E-state index contributed by atoms with van der Waals surface area (Å²) >= 11 is 5.66. The summed E-state index contributed by atoms with van der Waals surface area (Å²) in [6, 6.07) is 4.10. The van der Waals surface area contributed by atoms with Gasteiger partial charge in [0.15, 0.2) is 0 Å². The average molecular weight is 268 g/mol. The van der Waals surface area contributed by atoms with Crippen LogP contribution in [-0.2, 0) is 6.54 Å². The minimum atomic E-state index is -4.27. The van der Waals surface area contributed by atoms with Gasteiger partial charge in [-0.05, 0) is 24.5 Å². The predicted octanol–water partition coefficient (Wildman–Crippen LogP) is 3.66. The first-order valence-corrected chi connectivity index (χ1v) is 5.48. The van der Waals surface area contributed by atoms with Crippen LogP contribution in [0.3, 0.4) is 0 Å². The number of halogens is 5. The summed E-state index contributed by atoms with van der Waals surface area (Å²) in [5.74, 6) is -0.622. The van der Waals surface area contributed by atoms with Gasteiger partial charge in [-0.3, -0.25) is 5.32 Å². The lowest BCUT2D eigenvalue weighted by atomic mass is 10.2. The molecule has 1 N–H and O–H groups in total. The number of nitrogens with one attached hydrogen (secondary N) is 1. The quantitative estimate of drug-likeness (QED) is 0.824. The van der Waals surface area contributed by atoms with E-state index in [9.17, 15) is 17.6 Å². The minimum absolute atomic E-state index is 0.0590. The number of hydrogen-bond acceptors (Lipinski definition) is 1. The fraction of sp³-hybridized carbons (Fsp3) is 0.455. The second kappa shape index (κ2) is 4.14. The number of rotatable bonds is 3. The summed E-state index contributed by atoms with van der Waals surface area (Å²) < 4.78 is 50.9. The van der Waals surface area contributed by atoms with Gasteiger partial charge in [-0.2, -0.15) is 13.2 Å². The summed E-state index contributed by atoms with van der Waals surface area (Å²) in [6.45, 7) is -0.0872. The van der Waals surface area contributed by atoms with E-state index in [0.29, 0.717) is 5.56 Å². The van der Waals surface area contributed by atoms with Crippen molar-refractivity contribution in [2.24, 2.45) is 0 Å². The Morgan fingerprint density at radius 1 is 1.29 bits per heavy atom. The van der Waals surface area contributed by atoms with Crippen LogP contribution in [-0.4, -0.2) is 11.7 Å². The Hall–Kier alpha value is -0.810. The first kappa shape index (κ1) is 12.6. The number of alkyl halides is 3. The predicted molar refractivity (Wildman–Crippen MR) is 56.3 cm³/mol. The molecule has 0 heterocycles. The summed E-state index contributed by atoms with van der Waals surface area (Å²) in [5, 5.41) is 2.29. The summed E-state index contributed by atoms with van der Waals surface area (Å²) in [4.78, 5) is 0. The van der Waals surface area contributed by atoms with Crippen LogP contribution < -0.4 is 5.32 Å². The summed E-state index contributed by atoms with van der Waals surface area (Å²) in [6.07, 6.45) is -4.15. The molecule has 0 bridgehead atoms. The maximum atomic E-state index is 13.1. The highest BCUT2D eigenvalue weighted by molar-refractivity contribution is 6.31. The zero-order chi connectivity index (χ0) is 12.7. The summed E-state index contributed by atoms with van der Waals surface area (Å²) in [5.41, 5.74) is -1.47. The molecule has 0 amide bonds. The topological polar surface area (TPSA) is 12.0 Å². The monoisotopic (exact) mass is 267 g/mol. The molecule has 0 saturated heterocycles. The first-order chi connectivity index (χ1) is 7.86. The van der Waals surface area contributed by atoms with Crippen molar-refractivity contribution in [3.8, 4) is 0 Å². The van der Waals surface area contributed by atoms with Gasteiger partial charge in [0.25, 0.3) is 0 Å². The van der Waals surface area contributed by atoms with Crippen molar-refractivity contribution in [1.82, 2.24) is 5.32 Å². The molecule has 1 aliphatic carbocycles. The Labute approximate surface area is 101 Å². The minimum Gasteiger partial charge on any atom is -0.299 e. The van der Waals surface area contributed by atoms with Gasteiger partial charge < -0.3 is 0 Å². The van der Waals surface area contributed by atoms with Crippen LogP contribution in [0.4, 0.5) is 17.6 Å². The van der Waals surface area contributed by atoms with Crippen LogP contribution in [0, 0.1) is 5.82 Å². The molecule has 1 nitrogen and oxygen atoms in total. The van der Waals surface area contributed by atoms with Crippen molar-refractivity contribution in [2.45, 2.75) is 31.1 Å². The van der Waals surface area contributed by atoms with E-state index in [1.165, 1.54) is 18.2 Å². The molecule has 1 saturated carbocycles. The molecule has 17 heavy (non-hydrogen) atoms. The summed E-state index contributed by atoms with van der Waals surface area (Å²) in [7, 11) is 0. The molecule has 6 heteroatoms. The van der Waals surface area contributed by atoms with Crippen LogP contribution in [0.15, 0.2) is 18.2 Å². The largest absolute Gasteiger partial charge is 0.406 e. The van der Waals surface area contributed by atoms with Gasteiger partial charge in [0, 0.05) is 6.54 Å². The lowest BCUT2D eigenvalue weighted by molar-refractivity contribution is -0.166. The van der Waals surface area contributed by atoms with Gasteiger partial charge in [0.1, 0.15) is 11.4 Å². The third kappa shape index (κ3) is 2.40. The lowest BCUT2D eigenvalue weighted by Gasteiger charge is -2.21.